The predicted octanol–water partition coefficient (Wildman–Crippen LogP) is 3.69. The monoisotopic (exact) mass is 249 g/mol. The largest absolute Gasteiger partial charge is 0.352 e. The van der Waals surface area contributed by atoms with Gasteiger partial charge in [-0.2, -0.15) is 0 Å². The van der Waals surface area contributed by atoms with Gasteiger partial charge in [-0.15, -0.1) is 0 Å². The quantitative estimate of drug-likeness (QED) is 0.740. The molecule has 0 spiro atoms. The van der Waals surface area contributed by atoms with Gasteiger partial charge in [-0.1, -0.05) is 54.6 Å². The minimum absolute atomic E-state index is 0.766. The van der Waals surface area contributed by atoms with E-state index in [1.165, 1.54) is 16.7 Å². The number of nitrogens with one attached hydrogen (secondary N) is 2. The number of benzene rings is 2. The van der Waals surface area contributed by atoms with Gasteiger partial charge in [0.25, 0.3) is 0 Å². The first-order chi connectivity index (χ1) is 9.42. The van der Waals surface area contributed by atoms with Crippen molar-refractivity contribution in [1.29, 1.82) is 0 Å². The molecule has 2 N–H and O–H groups in total. The predicted molar refractivity (Wildman–Crippen MR) is 77.8 cm³/mol. The molecule has 0 saturated carbocycles. The Kier molecular flexibility index (Phi) is 3.28. The van der Waals surface area contributed by atoms with Crippen LogP contribution < -0.4 is 5.32 Å². The first-order valence-electron chi connectivity index (χ1n) is 6.29. The van der Waals surface area contributed by atoms with Crippen molar-refractivity contribution < 1.29 is 0 Å². The van der Waals surface area contributed by atoms with E-state index in [-0.39, 0.29) is 0 Å². The molecule has 0 bridgehead atoms. The third-order valence-electron chi connectivity index (χ3n) is 3.02. The van der Waals surface area contributed by atoms with Crippen molar-refractivity contribution in [2.75, 3.05) is 5.32 Å². The van der Waals surface area contributed by atoms with Gasteiger partial charge in [-0.25, -0.2) is 4.98 Å². The summed E-state index contributed by atoms with van der Waals surface area (Å²) in [5.41, 5.74) is 3.71. The minimum Gasteiger partial charge on any atom is -0.352 e. The fourth-order valence-corrected chi connectivity index (χ4v) is 1.99. The molecule has 3 heteroatoms. The molecular weight excluding hydrogens is 234 g/mol. The summed E-state index contributed by atoms with van der Waals surface area (Å²) in [6.07, 6.45) is 3.54. The smallest absolute Gasteiger partial charge is 0.200 e. The number of anilines is 1. The molecule has 2 aromatic carbocycles. The Hall–Kier alpha value is -2.55. The van der Waals surface area contributed by atoms with Crippen molar-refractivity contribution in [2.24, 2.45) is 0 Å². The summed E-state index contributed by atoms with van der Waals surface area (Å²) in [7, 11) is 0. The highest BCUT2D eigenvalue weighted by molar-refractivity contribution is 5.63. The van der Waals surface area contributed by atoms with E-state index in [0.717, 1.165) is 12.5 Å². The van der Waals surface area contributed by atoms with Crippen LogP contribution in [0.1, 0.15) is 5.56 Å². The Morgan fingerprint density at radius 3 is 2.32 bits per heavy atom. The van der Waals surface area contributed by atoms with Gasteiger partial charge >= 0.3 is 0 Å². The van der Waals surface area contributed by atoms with E-state index in [1.54, 1.807) is 12.4 Å². The maximum atomic E-state index is 4.13. The zero-order valence-electron chi connectivity index (χ0n) is 10.5. The summed E-state index contributed by atoms with van der Waals surface area (Å²) in [6.45, 7) is 0.766. The third kappa shape index (κ3) is 2.83. The van der Waals surface area contributed by atoms with Gasteiger partial charge < -0.3 is 10.3 Å². The molecule has 94 valence electrons. The molecule has 0 aliphatic heterocycles. The van der Waals surface area contributed by atoms with E-state index in [2.05, 4.69) is 63.8 Å². The number of imidazole rings is 1. The number of aromatic amines is 1. The van der Waals surface area contributed by atoms with Crippen LogP contribution in [0.4, 0.5) is 5.95 Å². The van der Waals surface area contributed by atoms with E-state index in [9.17, 15) is 0 Å². The van der Waals surface area contributed by atoms with Crippen molar-refractivity contribution in [1.82, 2.24) is 9.97 Å². The normalized spacial score (nSPS) is 10.3. The molecule has 0 amide bonds. The van der Waals surface area contributed by atoms with Crippen LogP contribution in [-0.2, 0) is 6.54 Å². The van der Waals surface area contributed by atoms with Crippen LogP contribution in [0.25, 0.3) is 11.1 Å². The third-order valence-corrected chi connectivity index (χ3v) is 3.02. The Morgan fingerprint density at radius 2 is 1.63 bits per heavy atom. The molecule has 0 saturated heterocycles. The van der Waals surface area contributed by atoms with Crippen molar-refractivity contribution in [3.63, 3.8) is 0 Å². The van der Waals surface area contributed by atoms with Crippen LogP contribution in [0.3, 0.4) is 0 Å². The second-order valence-corrected chi connectivity index (χ2v) is 4.35. The highest BCUT2D eigenvalue weighted by Gasteiger charge is 1.98. The minimum atomic E-state index is 0.766. The molecule has 3 rings (SSSR count). The van der Waals surface area contributed by atoms with Gasteiger partial charge in [0.1, 0.15) is 0 Å². The SMILES string of the molecule is c1ccc(-c2ccc(CNc3ncc[nH]3)cc2)cc1. The van der Waals surface area contributed by atoms with Gasteiger partial charge in [-0.05, 0) is 16.7 Å². The average Bonchev–Trinajstić information content (AvgIpc) is 3.00. The van der Waals surface area contributed by atoms with E-state index >= 15 is 0 Å². The Balaban J connectivity index is 1.69. The first-order valence-corrected chi connectivity index (χ1v) is 6.29. The number of hydrogen-bond acceptors (Lipinski definition) is 2. The zero-order chi connectivity index (χ0) is 12.9. The fraction of sp³-hybridized carbons (Fsp3) is 0.0625. The summed E-state index contributed by atoms with van der Waals surface area (Å²) in [6, 6.07) is 19.0. The molecule has 0 radical (unpaired) electrons. The molecule has 1 heterocycles. The van der Waals surface area contributed by atoms with E-state index in [1.807, 2.05) is 6.07 Å². The molecule has 19 heavy (non-hydrogen) atoms. The van der Waals surface area contributed by atoms with E-state index < -0.39 is 0 Å². The second kappa shape index (κ2) is 5.40. The van der Waals surface area contributed by atoms with Crippen molar-refractivity contribution in [3.05, 3.63) is 72.6 Å². The zero-order valence-corrected chi connectivity index (χ0v) is 10.5. The Morgan fingerprint density at radius 1 is 0.895 bits per heavy atom. The summed E-state index contributed by atoms with van der Waals surface area (Å²) >= 11 is 0. The standard InChI is InChI=1S/C16H15N3/c1-2-4-14(5-3-1)15-8-6-13(7-9-15)12-19-16-17-10-11-18-16/h1-11H,12H2,(H2,17,18,19). The number of nitrogens with zero attached hydrogens (tertiary/aromatic N) is 1. The number of hydrogen-bond donors (Lipinski definition) is 2. The molecule has 0 atom stereocenters. The number of H-pyrrole nitrogens is 1. The molecule has 3 nitrogen and oxygen atoms in total. The Labute approximate surface area is 112 Å². The van der Waals surface area contributed by atoms with Crippen molar-refractivity contribution >= 4 is 5.95 Å². The number of rotatable bonds is 4. The fourth-order valence-electron chi connectivity index (χ4n) is 1.99. The molecule has 0 aliphatic carbocycles. The van der Waals surface area contributed by atoms with Crippen LogP contribution in [0, 0.1) is 0 Å². The molecule has 1 aromatic heterocycles. The maximum Gasteiger partial charge on any atom is 0.200 e. The topological polar surface area (TPSA) is 40.7 Å². The lowest BCUT2D eigenvalue weighted by atomic mass is 10.0. The lowest BCUT2D eigenvalue weighted by molar-refractivity contribution is 1.09. The molecular formula is C16H15N3. The van der Waals surface area contributed by atoms with Crippen LogP contribution in [0.2, 0.25) is 0 Å². The van der Waals surface area contributed by atoms with Crippen molar-refractivity contribution in [2.45, 2.75) is 6.54 Å². The van der Waals surface area contributed by atoms with Crippen LogP contribution in [-0.4, -0.2) is 9.97 Å². The van der Waals surface area contributed by atoms with Crippen LogP contribution in [0.5, 0.6) is 0 Å². The van der Waals surface area contributed by atoms with Gasteiger partial charge in [0.15, 0.2) is 5.95 Å². The molecule has 0 fully saturated rings. The van der Waals surface area contributed by atoms with E-state index in [0.29, 0.717) is 0 Å². The maximum absolute atomic E-state index is 4.13. The molecule has 0 unspecified atom stereocenters. The summed E-state index contributed by atoms with van der Waals surface area (Å²) < 4.78 is 0. The van der Waals surface area contributed by atoms with Crippen LogP contribution >= 0.6 is 0 Å². The average molecular weight is 249 g/mol. The molecule has 0 aliphatic rings. The van der Waals surface area contributed by atoms with Gasteiger partial charge in [0.2, 0.25) is 0 Å². The summed E-state index contributed by atoms with van der Waals surface area (Å²) in [5, 5.41) is 3.23. The lowest BCUT2D eigenvalue weighted by Gasteiger charge is -2.05. The number of aromatic nitrogens is 2. The second-order valence-electron chi connectivity index (χ2n) is 4.35. The van der Waals surface area contributed by atoms with Crippen LogP contribution in [0.15, 0.2) is 67.0 Å². The highest BCUT2D eigenvalue weighted by Crippen LogP contribution is 2.19. The Bertz CT molecular complexity index is 613. The lowest BCUT2D eigenvalue weighted by Crippen LogP contribution is -2.00. The highest BCUT2D eigenvalue weighted by atomic mass is 15.1. The summed E-state index contributed by atoms with van der Waals surface area (Å²) in [5.74, 6) is 0.798. The first kappa shape index (κ1) is 11.5. The molecule has 3 aromatic rings. The van der Waals surface area contributed by atoms with E-state index in [4.69, 9.17) is 0 Å². The van der Waals surface area contributed by atoms with Gasteiger partial charge in [-0.3, -0.25) is 0 Å². The van der Waals surface area contributed by atoms with Crippen molar-refractivity contribution in [3.8, 4) is 11.1 Å². The van der Waals surface area contributed by atoms with Gasteiger partial charge in [0.05, 0.1) is 0 Å². The summed E-state index contributed by atoms with van der Waals surface area (Å²) in [4.78, 5) is 7.15. The van der Waals surface area contributed by atoms with Gasteiger partial charge in [0, 0.05) is 18.9 Å².